The molecule has 140 valence electrons. The molecule has 0 unspecified atom stereocenters. The summed E-state index contributed by atoms with van der Waals surface area (Å²) in [6.45, 7) is 1.28. The van der Waals surface area contributed by atoms with Gasteiger partial charge in [-0.05, 0) is 24.3 Å². The van der Waals surface area contributed by atoms with E-state index in [1.165, 1.54) is 21.4 Å². The van der Waals surface area contributed by atoms with Gasteiger partial charge in [0.1, 0.15) is 12.3 Å². The highest BCUT2D eigenvalue weighted by Crippen LogP contribution is 2.16. The molecule has 1 aromatic heterocycles. The molecule has 1 saturated heterocycles. The maximum absolute atomic E-state index is 12.5. The van der Waals surface area contributed by atoms with E-state index < -0.39 is 10.0 Å². The van der Waals surface area contributed by atoms with E-state index in [0.29, 0.717) is 37.7 Å². The first kappa shape index (κ1) is 18.4. The van der Waals surface area contributed by atoms with Crippen LogP contribution in [0.15, 0.2) is 41.8 Å². The van der Waals surface area contributed by atoms with Crippen LogP contribution in [0.25, 0.3) is 0 Å². The fraction of sp³-hybridized carbons (Fsp3) is 0.375. The molecule has 1 amide bonds. The van der Waals surface area contributed by atoms with Gasteiger partial charge in [-0.15, -0.1) is 0 Å². The Morgan fingerprint density at radius 1 is 1.27 bits per heavy atom. The number of methoxy groups -OCH3 is 1. The number of ether oxygens (including phenoxy) is 2. The second-order valence-electron chi connectivity index (χ2n) is 5.68. The molecule has 0 radical (unpaired) electrons. The van der Waals surface area contributed by atoms with Crippen LogP contribution in [-0.4, -0.2) is 61.6 Å². The number of benzene rings is 1. The Morgan fingerprint density at radius 2 is 1.96 bits per heavy atom. The van der Waals surface area contributed by atoms with Crippen molar-refractivity contribution < 1.29 is 22.7 Å². The van der Waals surface area contributed by atoms with E-state index in [4.69, 9.17) is 9.47 Å². The predicted molar refractivity (Wildman–Crippen MR) is 93.4 cm³/mol. The minimum Gasteiger partial charge on any atom is -0.497 e. The minimum atomic E-state index is -3.67. The van der Waals surface area contributed by atoms with Crippen molar-refractivity contribution in [1.82, 2.24) is 13.9 Å². The zero-order valence-corrected chi connectivity index (χ0v) is 15.1. The van der Waals surface area contributed by atoms with Gasteiger partial charge in [0, 0.05) is 25.0 Å². The average Bonchev–Trinajstić information content (AvgIpc) is 3.12. The maximum atomic E-state index is 12.5. The lowest BCUT2D eigenvalue weighted by atomic mass is 10.3. The van der Waals surface area contributed by atoms with E-state index in [1.807, 2.05) is 0 Å². The molecule has 0 saturated carbocycles. The van der Waals surface area contributed by atoms with E-state index in [1.54, 1.807) is 31.4 Å². The Labute approximate surface area is 151 Å². The number of morpholine rings is 1. The van der Waals surface area contributed by atoms with Gasteiger partial charge in [0.05, 0.1) is 26.7 Å². The highest BCUT2D eigenvalue weighted by molar-refractivity contribution is 7.89. The fourth-order valence-corrected chi connectivity index (χ4v) is 3.86. The van der Waals surface area contributed by atoms with E-state index in [9.17, 15) is 13.2 Å². The fourth-order valence-electron chi connectivity index (χ4n) is 2.52. The largest absolute Gasteiger partial charge is 0.497 e. The summed E-state index contributed by atoms with van der Waals surface area (Å²) in [7, 11) is -2.10. The number of hydrogen-bond donors (Lipinski definition) is 1. The van der Waals surface area contributed by atoms with E-state index in [-0.39, 0.29) is 17.5 Å². The molecule has 3 rings (SSSR count). The van der Waals surface area contributed by atoms with Gasteiger partial charge in [-0.1, -0.05) is 0 Å². The normalized spacial score (nSPS) is 15.6. The number of sulfonamides is 1. The second-order valence-corrected chi connectivity index (χ2v) is 7.56. The lowest BCUT2D eigenvalue weighted by Crippen LogP contribution is -2.40. The number of rotatable bonds is 6. The Kier molecular flexibility index (Phi) is 5.55. The van der Waals surface area contributed by atoms with Gasteiger partial charge in [-0.3, -0.25) is 4.79 Å². The van der Waals surface area contributed by atoms with Crippen molar-refractivity contribution in [2.24, 2.45) is 0 Å². The molecular weight excluding hydrogens is 360 g/mol. The number of imidazole rings is 1. The zero-order chi connectivity index (χ0) is 18.6. The van der Waals surface area contributed by atoms with E-state index in [2.05, 4.69) is 10.3 Å². The third-order valence-corrected chi connectivity index (χ3v) is 5.67. The van der Waals surface area contributed by atoms with Crippen LogP contribution in [0.1, 0.15) is 0 Å². The molecule has 1 aliphatic rings. The average molecular weight is 380 g/mol. The molecular formula is C16H20N4O5S. The molecule has 10 heteroatoms. The lowest BCUT2D eigenvalue weighted by molar-refractivity contribution is -0.116. The van der Waals surface area contributed by atoms with Gasteiger partial charge >= 0.3 is 0 Å². The van der Waals surface area contributed by atoms with Gasteiger partial charge in [0.15, 0.2) is 5.03 Å². The number of nitrogens with zero attached hydrogens (tertiary/aromatic N) is 3. The van der Waals surface area contributed by atoms with Gasteiger partial charge in [-0.2, -0.15) is 4.31 Å². The van der Waals surface area contributed by atoms with Crippen LogP contribution < -0.4 is 10.1 Å². The molecule has 1 aliphatic heterocycles. The number of aromatic nitrogens is 2. The topological polar surface area (TPSA) is 103 Å². The molecule has 0 spiro atoms. The molecule has 1 fully saturated rings. The van der Waals surface area contributed by atoms with Crippen LogP contribution in [0, 0.1) is 0 Å². The quantitative estimate of drug-likeness (QED) is 0.785. The summed E-state index contributed by atoms with van der Waals surface area (Å²) in [5.41, 5.74) is 0.622. The first-order valence-corrected chi connectivity index (χ1v) is 9.46. The summed E-state index contributed by atoms with van der Waals surface area (Å²) < 4.78 is 38.0. The van der Waals surface area contributed by atoms with Crippen LogP contribution in [0.2, 0.25) is 0 Å². The van der Waals surface area contributed by atoms with Crippen LogP contribution in [-0.2, 0) is 26.1 Å². The van der Waals surface area contributed by atoms with Crippen LogP contribution in [0.3, 0.4) is 0 Å². The highest BCUT2D eigenvalue weighted by Gasteiger charge is 2.28. The van der Waals surface area contributed by atoms with Crippen molar-refractivity contribution in [1.29, 1.82) is 0 Å². The van der Waals surface area contributed by atoms with Crippen LogP contribution in [0.5, 0.6) is 5.75 Å². The Balaban J connectivity index is 1.62. The molecule has 0 atom stereocenters. The molecule has 2 heterocycles. The summed E-state index contributed by atoms with van der Waals surface area (Å²) in [6, 6.07) is 6.91. The SMILES string of the molecule is COc1ccc(NC(=O)Cn2cnc(S(=O)(=O)N3CCOCC3)c2)cc1. The predicted octanol–water partition coefficient (Wildman–Crippen LogP) is 0.551. The third-order valence-electron chi connectivity index (χ3n) is 3.88. The Bertz CT molecular complexity index is 857. The number of anilines is 1. The Morgan fingerprint density at radius 3 is 2.62 bits per heavy atom. The Hall–Kier alpha value is -2.43. The number of amides is 1. The molecule has 1 aromatic carbocycles. The monoisotopic (exact) mass is 380 g/mol. The number of carbonyl (C=O) groups excluding carboxylic acids is 1. The van der Waals surface area contributed by atoms with E-state index in [0.717, 1.165) is 0 Å². The van der Waals surface area contributed by atoms with Crippen LogP contribution >= 0.6 is 0 Å². The van der Waals surface area contributed by atoms with Crippen molar-refractivity contribution in [3.05, 3.63) is 36.8 Å². The summed E-state index contributed by atoms with van der Waals surface area (Å²) in [4.78, 5) is 16.1. The van der Waals surface area contributed by atoms with Crippen molar-refractivity contribution in [2.75, 3.05) is 38.7 Å². The van der Waals surface area contributed by atoms with Crippen molar-refractivity contribution in [2.45, 2.75) is 11.6 Å². The number of nitrogens with one attached hydrogen (secondary N) is 1. The highest BCUT2D eigenvalue weighted by atomic mass is 32.2. The second kappa shape index (κ2) is 7.85. The first-order valence-electron chi connectivity index (χ1n) is 8.02. The van der Waals surface area contributed by atoms with Crippen molar-refractivity contribution in [3.8, 4) is 5.75 Å². The number of carbonyl (C=O) groups is 1. The minimum absolute atomic E-state index is 0.0440. The maximum Gasteiger partial charge on any atom is 0.262 e. The van der Waals surface area contributed by atoms with Crippen LogP contribution in [0.4, 0.5) is 5.69 Å². The summed E-state index contributed by atoms with van der Waals surface area (Å²) in [6.07, 6.45) is 2.69. The molecule has 0 bridgehead atoms. The standard InChI is InChI=1S/C16H20N4O5S/c1-24-14-4-2-13(3-5-14)18-15(21)10-19-11-16(17-12-19)26(22,23)20-6-8-25-9-7-20/h2-5,11-12H,6-10H2,1H3,(H,18,21). The summed E-state index contributed by atoms with van der Waals surface area (Å²) in [5, 5.41) is 2.66. The zero-order valence-electron chi connectivity index (χ0n) is 14.3. The molecule has 26 heavy (non-hydrogen) atoms. The summed E-state index contributed by atoms with van der Waals surface area (Å²) >= 11 is 0. The molecule has 0 aliphatic carbocycles. The lowest BCUT2D eigenvalue weighted by Gasteiger charge is -2.24. The van der Waals surface area contributed by atoms with Gasteiger partial charge < -0.3 is 19.4 Å². The molecule has 9 nitrogen and oxygen atoms in total. The van der Waals surface area contributed by atoms with Gasteiger partial charge in [-0.25, -0.2) is 13.4 Å². The molecule has 1 N–H and O–H groups in total. The summed E-state index contributed by atoms with van der Waals surface area (Å²) in [5.74, 6) is 0.401. The van der Waals surface area contributed by atoms with Crippen molar-refractivity contribution >= 4 is 21.6 Å². The van der Waals surface area contributed by atoms with Crippen molar-refractivity contribution in [3.63, 3.8) is 0 Å². The van der Waals surface area contributed by atoms with E-state index >= 15 is 0 Å². The third kappa shape index (κ3) is 4.21. The number of hydrogen-bond acceptors (Lipinski definition) is 6. The smallest absolute Gasteiger partial charge is 0.262 e. The first-order chi connectivity index (χ1) is 12.5. The molecule has 2 aromatic rings. The van der Waals surface area contributed by atoms with Gasteiger partial charge in [0.2, 0.25) is 5.91 Å². The van der Waals surface area contributed by atoms with Gasteiger partial charge in [0.25, 0.3) is 10.0 Å².